The highest BCUT2D eigenvalue weighted by Crippen LogP contribution is 2.21. The number of benzene rings is 1. The molecule has 0 aliphatic rings. The van der Waals surface area contributed by atoms with Crippen LogP contribution >= 0.6 is 0 Å². The molecule has 0 aliphatic heterocycles. The zero-order chi connectivity index (χ0) is 15.6. The molecule has 1 N–H and O–H groups in total. The first-order chi connectivity index (χ1) is 10.5. The highest BCUT2D eigenvalue weighted by atomic mass is 32.2. The third kappa shape index (κ3) is 3.52. The number of hydrogen-bond acceptors (Lipinski definition) is 5. The molecule has 2 heterocycles. The molecule has 7 nitrogen and oxygen atoms in total. The second-order valence-electron chi connectivity index (χ2n) is 5.06. The van der Waals surface area contributed by atoms with Crippen LogP contribution in [0.15, 0.2) is 37.1 Å². The van der Waals surface area contributed by atoms with Crippen molar-refractivity contribution in [2.45, 2.75) is 13.0 Å². The number of nitrogens with one attached hydrogen (secondary N) is 1. The van der Waals surface area contributed by atoms with Gasteiger partial charge in [-0.15, -0.1) is 0 Å². The summed E-state index contributed by atoms with van der Waals surface area (Å²) in [5.41, 5.74) is 3.14. The van der Waals surface area contributed by atoms with Crippen molar-refractivity contribution >= 4 is 21.0 Å². The molecule has 0 fully saturated rings. The standard InChI is InChI=1S/C14H16N4O3S/c1-22(19,20)21-5-4-12-7-16-14-3-2-11(6-13(12)14)8-18-10-15-9-17-18/h2-3,6-7,9-10,16H,4-5,8H2,1H3. The van der Waals surface area contributed by atoms with Crippen LogP contribution in [0.25, 0.3) is 10.9 Å². The van der Waals surface area contributed by atoms with Crippen LogP contribution in [0.1, 0.15) is 11.1 Å². The molecule has 0 saturated heterocycles. The lowest BCUT2D eigenvalue weighted by Crippen LogP contribution is -2.06. The van der Waals surface area contributed by atoms with Crippen molar-refractivity contribution < 1.29 is 12.6 Å². The van der Waals surface area contributed by atoms with Gasteiger partial charge in [-0.05, 0) is 29.7 Å². The number of aromatic amines is 1. The van der Waals surface area contributed by atoms with Crippen molar-refractivity contribution in [3.05, 3.63) is 48.2 Å². The van der Waals surface area contributed by atoms with E-state index in [1.165, 1.54) is 6.33 Å². The second kappa shape index (κ2) is 5.90. The summed E-state index contributed by atoms with van der Waals surface area (Å²) in [6, 6.07) is 6.10. The number of hydrogen-bond donors (Lipinski definition) is 1. The van der Waals surface area contributed by atoms with Gasteiger partial charge in [-0.25, -0.2) is 9.67 Å². The summed E-state index contributed by atoms with van der Waals surface area (Å²) in [5.74, 6) is 0. The first-order valence-electron chi connectivity index (χ1n) is 6.77. The largest absolute Gasteiger partial charge is 0.361 e. The van der Waals surface area contributed by atoms with Crippen molar-refractivity contribution in [2.24, 2.45) is 0 Å². The Balaban J connectivity index is 1.79. The summed E-state index contributed by atoms with van der Waals surface area (Å²) < 4.78 is 28.6. The summed E-state index contributed by atoms with van der Waals surface area (Å²) in [6.07, 6.45) is 6.64. The molecule has 1 aromatic carbocycles. The summed E-state index contributed by atoms with van der Waals surface area (Å²) in [5, 5.41) is 5.15. The molecule has 0 bridgehead atoms. The van der Waals surface area contributed by atoms with Crippen LogP contribution in [0, 0.1) is 0 Å². The van der Waals surface area contributed by atoms with E-state index in [2.05, 4.69) is 21.1 Å². The molecule has 0 amide bonds. The van der Waals surface area contributed by atoms with Gasteiger partial charge in [0, 0.05) is 17.1 Å². The Kier molecular flexibility index (Phi) is 3.95. The topological polar surface area (TPSA) is 89.9 Å². The fourth-order valence-corrected chi connectivity index (χ4v) is 2.72. The van der Waals surface area contributed by atoms with E-state index in [-0.39, 0.29) is 6.61 Å². The fraction of sp³-hybridized carbons (Fsp3) is 0.286. The molecule has 3 aromatic rings. The molecule has 0 unspecified atom stereocenters. The molecule has 0 spiro atoms. The van der Waals surface area contributed by atoms with Gasteiger partial charge in [-0.2, -0.15) is 13.5 Å². The lowest BCUT2D eigenvalue weighted by molar-refractivity contribution is 0.326. The molecule has 22 heavy (non-hydrogen) atoms. The SMILES string of the molecule is CS(=O)(=O)OCCc1c[nH]c2ccc(Cn3cncn3)cc12. The molecule has 0 radical (unpaired) electrons. The summed E-state index contributed by atoms with van der Waals surface area (Å²) in [6.45, 7) is 0.777. The number of fused-ring (bicyclic) bond motifs is 1. The van der Waals surface area contributed by atoms with Gasteiger partial charge >= 0.3 is 0 Å². The first-order valence-corrected chi connectivity index (χ1v) is 8.58. The molecule has 3 rings (SSSR count). The smallest absolute Gasteiger partial charge is 0.264 e. The van der Waals surface area contributed by atoms with Crippen LogP contribution in [0.5, 0.6) is 0 Å². The van der Waals surface area contributed by atoms with E-state index in [1.54, 1.807) is 11.0 Å². The van der Waals surface area contributed by atoms with Crippen LogP contribution in [0.4, 0.5) is 0 Å². The Morgan fingerprint density at radius 1 is 1.36 bits per heavy atom. The number of nitrogens with zero attached hydrogens (tertiary/aromatic N) is 3. The average Bonchev–Trinajstić information content (AvgIpc) is 3.08. The Morgan fingerprint density at radius 3 is 2.95 bits per heavy atom. The van der Waals surface area contributed by atoms with Crippen LogP contribution in [-0.2, 0) is 27.3 Å². The monoisotopic (exact) mass is 320 g/mol. The predicted molar refractivity (Wildman–Crippen MR) is 81.9 cm³/mol. The highest BCUT2D eigenvalue weighted by Gasteiger charge is 2.07. The van der Waals surface area contributed by atoms with E-state index in [0.29, 0.717) is 13.0 Å². The molecule has 0 atom stereocenters. The van der Waals surface area contributed by atoms with Gasteiger partial charge in [0.25, 0.3) is 10.1 Å². The summed E-state index contributed by atoms with van der Waals surface area (Å²) >= 11 is 0. The van der Waals surface area contributed by atoms with Gasteiger partial charge in [0.05, 0.1) is 19.4 Å². The Morgan fingerprint density at radius 2 is 2.23 bits per heavy atom. The third-order valence-electron chi connectivity index (χ3n) is 3.31. The van der Waals surface area contributed by atoms with Gasteiger partial charge in [-0.1, -0.05) is 6.07 Å². The minimum absolute atomic E-state index is 0.138. The number of rotatable bonds is 6. The average molecular weight is 320 g/mol. The number of H-pyrrole nitrogens is 1. The maximum absolute atomic E-state index is 11.0. The Bertz CT molecular complexity index is 869. The minimum atomic E-state index is -3.40. The third-order valence-corrected chi connectivity index (χ3v) is 3.91. The van der Waals surface area contributed by atoms with Gasteiger partial charge in [0.15, 0.2) is 0 Å². The van der Waals surface area contributed by atoms with Gasteiger partial charge in [0.1, 0.15) is 12.7 Å². The van der Waals surface area contributed by atoms with Gasteiger partial charge in [0.2, 0.25) is 0 Å². The van der Waals surface area contributed by atoms with Crippen LogP contribution in [0.3, 0.4) is 0 Å². The van der Waals surface area contributed by atoms with E-state index in [9.17, 15) is 8.42 Å². The molecular formula is C14H16N4O3S. The molecule has 0 saturated carbocycles. The van der Waals surface area contributed by atoms with Crippen LogP contribution < -0.4 is 0 Å². The van der Waals surface area contributed by atoms with Crippen molar-refractivity contribution in [3.63, 3.8) is 0 Å². The van der Waals surface area contributed by atoms with E-state index in [0.717, 1.165) is 28.3 Å². The van der Waals surface area contributed by atoms with E-state index in [4.69, 9.17) is 4.18 Å². The predicted octanol–water partition coefficient (Wildman–Crippen LogP) is 1.33. The van der Waals surface area contributed by atoms with Gasteiger partial charge < -0.3 is 4.98 Å². The lowest BCUT2D eigenvalue weighted by atomic mass is 10.1. The molecule has 2 aromatic heterocycles. The maximum Gasteiger partial charge on any atom is 0.264 e. The van der Waals surface area contributed by atoms with Crippen molar-refractivity contribution in [3.8, 4) is 0 Å². The van der Waals surface area contributed by atoms with Crippen molar-refractivity contribution in [1.29, 1.82) is 0 Å². The molecule has 116 valence electrons. The minimum Gasteiger partial charge on any atom is -0.361 e. The highest BCUT2D eigenvalue weighted by molar-refractivity contribution is 7.85. The normalized spacial score (nSPS) is 12.0. The molecular weight excluding hydrogens is 304 g/mol. The Labute approximate surface area is 128 Å². The van der Waals surface area contributed by atoms with E-state index in [1.807, 2.05) is 18.3 Å². The zero-order valence-electron chi connectivity index (χ0n) is 12.1. The van der Waals surface area contributed by atoms with E-state index >= 15 is 0 Å². The number of aromatic nitrogens is 4. The van der Waals surface area contributed by atoms with E-state index < -0.39 is 10.1 Å². The van der Waals surface area contributed by atoms with Crippen LogP contribution in [0.2, 0.25) is 0 Å². The first kappa shape index (κ1) is 14.7. The summed E-state index contributed by atoms with van der Waals surface area (Å²) in [4.78, 5) is 7.11. The second-order valence-corrected chi connectivity index (χ2v) is 6.71. The quantitative estimate of drug-likeness (QED) is 0.692. The summed E-state index contributed by atoms with van der Waals surface area (Å²) in [7, 11) is -3.40. The fourth-order valence-electron chi connectivity index (χ4n) is 2.34. The van der Waals surface area contributed by atoms with Crippen molar-refractivity contribution in [2.75, 3.05) is 12.9 Å². The molecule has 8 heteroatoms. The lowest BCUT2D eigenvalue weighted by Gasteiger charge is -2.04. The van der Waals surface area contributed by atoms with Crippen LogP contribution in [-0.4, -0.2) is 41.0 Å². The Hall–Kier alpha value is -2.19. The van der Waals surface area contributed by atoms with Gasteiger partial charge in [-0.3, -0.25) is 4.18 Å². The zero-order valence-corrected chi connectivity index (χ0v) is 12.9. The van der Waals surface area contributed by atoms with Crippen molar-refractivity contribution in [1.82, 2.24) is 19.7 Å². The molecule has 0 aliphatic carbocycles. The maximum atomic E-state index is 11.0.